The molecule has 0 aliphatic carbocycles. The van der Waals surface area contributed by atoms with Gasteiger partial charge >= 0.3 is 0 Å². The number of ether oxygens (including phenoxy) is 1. The topological polar surface area (TPSA) is 96.7 Å². The summed E-state index contributed by atoms with van der Waals surface area (Å²) in [5.74, 6) is 5.51. The number of nitrogens with one attached hydrogen (secondary N) is 2. The summed E-state index contributed by atoms with van der Waals surface area (Å²) >= 11 is 0. The molecule has 21 heavy (non-hydrogen) atoms. The minimum absolute atomic E-state index is 0.0426. The fourth-order valence-corrected chi connectivity index (χ4v) is 3.08. The Balaban J connectivity index is 1.65. The Bertz CT molecular complexity index is 369. The van der Waals surface area contributed by atoms with E-state index in [9.17, 15) is 9.59 Å². The molecule has 4 N–H and O–H groups in total. The molecule has 2 aliphatic rings. The number of likely N-dealkylation sites (tertiary alicyclic amines) is 1. The number of nitrogens with zero attached hydrogens (tertiary/aromatic N) is 1. The zero-order valence-electron chi connectivity index (χ0n) is 12.6. The van der Waals surface area contributed by atoms with Crippen LogP contribution in [0.1, 0.15) is 32.6 Å². The molecule has 2 saturated heterocycles. The van der Waals surface area contributed by atoms with Crippen LogP contribution >= 0.6 is 0 Å². The first kappa shape index (κ1) is 16.2. The van der Waals surface area contributed by atoms with Gasteiger partial charge in [-0.15, -0.1) is 0 Å². The van der Waals surface area contributed by atoms with Gasteiger partial charge in [-0.05, 0) is 44.7 Å². The molecule has 2 rings (SSSR count). The summed E-state index contributed by atoms with van der Waals surface area (Å²) in [6, 6.07) is 0. The lowest BCUT2D eigenvalue weighted by Crippen LogP contribution is -2.42. The fourth-order valence-electron chi connectivity index (χ4n) is 3.08. The van der Waals surface area contributed by atoms with Gasteiger partial charge in [-0.25, -0.2) is 5.84 Å². The van der Waals surface area contributed by atoms with E-state index in [1.807, 2.05) is 0 Å². The third kappa shape index (κ3) is 4.94. The Morgan fingerprint density at radius 3 is 2.57 bits per heavy atom. The number of amides is 2. The number of rotatable bonds is 5. The zero-order valence-corrected chi connectivity index (χ0v) is 12.6. The number of carbonyl (C=O) groups excluding carboxylic acids is 2. The quantitative estimate of drug-likeness (QED) is 0.357. The van der Waals surface area contributed by atoms with Crippen LogP contribution in [-0.4, -0.2) is 55.1 Å². The van der Waals surface area contributed by atoms with E-state index in [4.69, 9.17) is 10.6 Å². The number of carbonyl (C=O) groups is 2. The van der Waals surface area contributed by atoms with Crippen molar-refractivity contribution in [3.05, 3.63) is 0 Å². The first-order chi connectivity index (χ1) is 10.1. The fraction of sp³-hybridized carbons (Fsp3) is 0.857. The Hall–Kier alpha value is -1.18. The number of nitrogens with two attached hydrogens (primary N) is 1. The van der Waals surface area contributed by atoms with E-state index >= 15 is 0 Å². The van der Waals surface area contributed by atoms with Gasteiger partial charge in [0.15, 0.2) is 0 Å². The molecule has 7 heteroatoms. The molecule has 2 aliphatic heterocycles. The smallest absolute Gasteiger partial charge is 0.263 e. The summed E-state index contributed by atoms with van der Waals surface area (Å²) in [5, 5.41) is 2.89. The highest BCUT2D eigenvalue weighted by atomic mass is 16.5. The van der Waals surface area contributed by atoms with Gasteiger partial charge in [-0.1, -0.05) is 0 Å². The molecule has 7 nitrogen and oxygen atoms in total. The van der Waals surface area contributed by atoms with Gasteiger partial charge in [0, 0.05) is 20.0 Å². The van der Waals surface area contributed by atoms with Crippen molar-refractivity contribution < 1.29 is 14.3 Å². The SMILES string of the molecule is CC(=O)NCC1CCN(CC2CCC(C(=O)NN)O2)CC1. The minimum Gasteiger partial charge on any atom is -0.364 e. The molecule has 0 spiro atoms. The predicted molar refractivity (Wildman–Crippen MR) is 78.1 cm³/mol. The summed E-state index contributed by atoms with van der Waals surface area (Å²) in [5.41, 5.74) is 2.15. The Morgan fingerprint density at radius 1 is 1.24 bits per heavy atom. The number of hydrogen-bond acceptors (Lipinski definition) is 5. The molecular weight excluding hydrogens is 272 g/mol. The zero-order chi connectivity index (χ0) is 15.2. The Morgan fingerprint density at radius 2 is 1.95 bits per heavy atom. The summed E-state index contributed by atoms with van der Waals surface area (Å²) in [7, 11) is 0. The Kier molecular flexibility index (Phi) is 5.96. The maximum absolute atomic E-state index is 11.4. The average Bonchev–Trinajstić information content (AvgIpc) is 2.94. The van der Waals surface area contributed by atoms with Gasteiger partial charge in [0.05, 0.1) is 6.10 Å². The highest BCUT2D eigenvalue weighted by Gasteiger charge is 2.32. The van der Waals surface area contributed by atoms with Crippen molar-refractivity contribution in [3.8, 4) is 0 Å². The van der Waals surface area contributed by atoms with Crippen molar-refractivity contribution in [1.82, 2.24) is 15.6 Å². The largest absolute Gasteiger partial charge is 0.364 e. The highest BCUT2D eigenvalue weighted by molar-refractivity contribution is 5.80. The van der Waals surface area contributed by atoms with Crippen LogP contribution < -0.4 is 16.6 Å². The molecule has 2 amide bonds. The molecule has 2 unspecified atom stereocenters. The van der Waals surface area contributed by atoms with Crippen LogP contribution in [0, 0.1) is 5.92 Å². The average molecular weight is 298 g/mol. The lowest BCUT2D eigenvalue weighted by molar-refractivity contribution is -0.132. The van der Waals surface area contributed by atoms with Crippen LogP contribution in [-0.2, 0) is 14.3 Å². The Labute approximate surface area is 125 Å². The molecule has 120 valence electrons. The summed E-state index contributed by atoms with van der Waals surface area (Å²) < 4.78 is 5.73. The van der Waals surface area contributed by atoms with E-state index in [-0.39, 0.29) is 17.9 Å². The molecule has 2 fully saturated rings. The standard InChI is InChI=1S/C14H26N4O3/c1-10(19)16-8-11-4-6-18(7-5-11)9-12-2-3-13(21-12)14(20)17-15/h11-13H,2-9,15H2,1H3,(H,16,19)(H,17,20). The van der Waals surface area contributed by atoms with E-state index in [0.717, 1.165) is 51.9 Å². The van der Waals surface area contributed by atoms with E-state index in [1.165, 1.54) is 0 Å². The van der Waals surface area contributed by atoms with Gasteiger partial charge in [0.25, 0.3) is 5.91 Å². The molecule has 0 aromatic heterocycles. The third-order valence-corrected chi connectivity index (χ3v) is 4.35. The lowest BCUT2D eigenvalue weighted by Gasteiger charge is -2.33. The van der Waals surface area contributed by atoms with Gasteiger partial charge in [-0.3, -0.25) is 15.0 Å². The number of hydrogen-bond donors (Lipinski definition) is 3. The summed E-state index contributed by atoms with van der Waals surface area (Å²) in [6.07, 6.45) is 3.58. The van der Waals surface area contributed by atoms with Crippen LogP contribution in [0.15, 0.2) is 0 Å². The third-order valence-electron chi connectivity index (χ3n) is 4.35. The summed E-state index contributed by atoms with van der Waals surface area (Å²) in [6.45, 7) is 5.26. The van der Waals surface area contributed by atoms with Crippen molar-refractivity contribution in [2.24, 2.45) is 11.8 Å². The van der Waals surface area contributed by atoms with Crippen LogP contribution in [0.5, 0.6) is 0 Å². The van der Waals surface area contributed by atoms with Crippen LogP contribution in [0.25, 0.3) is 0 Å². The molecule has 0 radical (unpaired) electrons. The first-order valence-corrected chi connectivity index (χ1v) is 7.71. The second-order valence-electron chi connectivity index (χ2n) is 6.01. The van der Waals surface area contributed by atoms with Gasteiger partial charge in [0.2, 0.25) is 5.91 Å². The first-order valence-electron chi connectivity index (χ1n) is 7.71. The molecule has 0 saturated carbocycles. The van der Waals surface area contributed by atoms with Crippen molar-refractivity contribution in [2.45, 2.75) is 44.8 Å². The van der Waals surface area contributed by atoms with E-state index in [1.54, 1.807) is 6.92 Å². The molecule has 0 bridgehead atoms. The van der Waals surface area contributed by atoms with Gasteiger partial charge in [-0.2, -0.15) is 0 Å². The van der Waals surface area contributed by atoms with Crippen molar-refractivity contribution >= 4 is 11.8 Å². The molecule has 0 aromatic carbocycles. The summed E-state index contributed by atoms with van der Waals surface area (Å²) in [4.78, 5) is 24.7. The highest BCUT2D eigenvalue weighted by Crippen LogP contribution is 2.23. The van der Waals surface area contributed by atoms with Gasteiger partial charge in [0.1, 0.15) is 6.10 Å². The molecule has 0 aromatic rings. The monoisotopic (exact) mass is 298 g/mol. The van der Waals surface area contributed by atoms with Gasteiger partial charge < -0.3 is 15.0 Å². The van der Waals surface area contributed by atoms with E-state index in [0.29, 0.717) is 5.92 Å². The predicted octanol–water partition coefficient (Wildman–Crippen LogP) is -0.628. The van der Waals surface area contributed by atoms with E-state index < -0.39 is 6.10 Å². The second kappa shape index (κ2) is 7.72. The van der Waals surface area contributed by atoms with Crippen molar-refractivity contribution in [2.75, 3.05) is 26.2 Å². The number of piperidine rings is 1. The van der Waals surface area contributed by atoms with Crippen molar-refractivity contribution in [1.29, 1.82) is 0 Å². The number of hydrazine groups is 1. The van der Waals surface area contributed by atoms with Crippen LogP contribution in [0.4, 0.5) is 0 Å². The van der Waals surface area contributed by atoms with Crippen LogP contribution in [0.3, 0.4) is 0 Å². The van der Waals surface area contributed by atoms with Crippen molar-refractivity contribution in [3.63, 3.8) is 0 Å². The molecular formula is C14H26N4O3. The lowest BCUT2D eigenvalue weighted by atomic mass is 9.96. The molecule has 2 heterocycles. The van der Waals surface area contributed by atoms with E-state index in [2.05, 4.69) is 15.6 Å². The van der Waals surface area contributed by atoms with Crippen LogP contribution in [0.2, 0.25) is 0 Å². The maximum Gasteiger partial charge on any atom is 0.263 e. The normalized spacial score (nSPS) is 27.5. The minimum atomic E-state index is -0.391. The molecule has 2 atom stereocenters. The maximum atomic E-state index is 11.4. The second-order valence-corrected chi connectivity index (χ2v) is 6.01.